The van der Waals surface area contributed by atoms with Gasteiger partial charge >= 0.3 is 6.09 Å². The molecule has 2 aromatic carbocycles. The Morgan fingerprint density at radius 3 is 2.36 bits per heavy atom. The standard InChI is InChI=1S/C35H48ClN3O4S/c1-8-10-11-12-13-16-23-39(33(41)29(22-24-44-7)37-34(42)43-35(4,5)6)31(27-20-15-14-19-26(27)9-2)32(40)38-30-25(3)18-17-21-28(30)36/h2,14-15,17-21,29,31H,8,10-13,16,22-24H2,1,3-7H3,(H,37,42)(H,38,40). The summed E-state index contributed by atoms with van der Waals surface area (Å²) in [5.74, 6) is 2.49. The number of hydrogen-bond acceptors (Lipinski definition) is 5. The maximum atomic E-state index is 14.5. The van der Waals surface area contributed by atoms with Crippen molar-refractivity contribution in [2.45, 2.75) is 97.2 Å². The number of para-hydroxylation sites is 1. The number of terminal acetylenes is 1. The highest BCUT2D eigenvalue weighted by Gasteiger charge is 2.37. The van der Waals surface area contributed by atoms with Gasteiger partial charge in [-0.25, -0.2) is 4.79 Å². The minimum absolute atomic E-state index is 0.301. The van der Waals surface area contributed by atoms with E-state index in [0.29, 0.717) is 47.0 Å². The molecular formula is C35H48ClN3O4S. The number of thioether (sulfide) groups is 1. The third-order valence-corrected chi connectivity index (χ3v) is 8.04. The van der Waals surface area contributed by atoms with E-state index in [1.165, 1.54) is 0 Å². The molecule has 0 radical (unpaired) electrons. The Labute approximate surface area is 273 Å². The fraction of sp³-hybridized carbons (Fsp3) is 0.514. The number of anilines is 1. The van der Waals surface area contributed by atoms with Crippen molar-refractivity contribution in [2.75, 3.05) is 23.9 Å². The highest BCUT2D eigenvalue weighted by Crippen LogP contribution is 2.31. The van der Waals surface area contributed by atoms with Gasteiger partial charge in [0.15, 0.2) is 0 Å². The number of carbonyl (C=O) groups is 3. The topological polar surface area (TPSA) is 87.7 Å². The zero-order valence-corrected chi connectivity index (χ0v) is 28.6. The molecule has 0 bridgehead atoms. The number of unbranched alkanes of at least 4 members (excludes halogenated alkanes) is 5. The van der Waals surface area contributed by atoms with E-state index in [4.69, 9.17) is 22.8 Å². The summed E-state index contributed by atoms with van der Waals surface area (Å²) in [6, 6.07) is 10.5. The fourth-order valence-corrected chi connectivity index (χ4v) is 5.61. The van der Waals surface area contributed by atoms with Crippen LogP contribution in [0.4, 0.5) is 10.5 Å². The Hall–Kier alpha value is -3.15. The molecule has 0 fully saturated rings. The molecule has 0 saturated carbocycles. The molecule has 0 aliphatic carbocycles. The molecule has 3 amide bonds. The van der Waals surface area contributed by atoms with Crippen molar-refractivity contribution < 1.29 is 19.1 Å². The molecule has 9 heteroatoms. The van der Waals surface area contributed by atoms with Gasteiger partial charge in [-0.15, -0.1) is 6.42 Å². The second-order valence-electron chi connectivity index (χ2n) is 11.8. The first kappa shape index (κ1) is 37.0. The monoisotopic (exact) mass is 641 g/mol. The molecule has 2 rings (SSSR count). The van der Waals surface area contributed by atoms with Crippen molar-refractivity contribution in [3.63, 3.8) is 0 Å². The molecule has 2 aromatic rings. The largest absolute Gasteiger partial charge is 0.444 e. The number of nitrogens with one attached hydrogen (secondary N) is 2. The number of ether oxygens (including phenoxy) is 1. The van der Waals surface area contributed by atoms with E-state index in [1.54, 1.807) is 67.8 Å². The summed E-state index contributed by atoms with van der Waals surface area (Å²) >= 11 is 8.06. The van der Waals surface area contributed by atoms with Crippen molar-refractivity contribution in [2.24, 2.45) is 0 Å². The van der Waals surface area contributed by atoms with E-state index >= 15 is 0 Å². The summed E-state index contributed by atoms with van der Waals surface area (Å²) in [5.41, 5.74) is 1.55. The van der Waals surface area contributed by atoms with Crippen molar-refractivity contribution in [1.82, 2.24) is 10.2 Å². The average molecular weight is 642 g/mol. The number of carbonyl (C=O) groups excluding carboxylic acids is 3. The van der Waals surface area contributed by atoms with Crippen LogP contribution < -0.4 is 10.6 Å². The molecule has 0 spiro atoms. The lowest BCUT2D eigenvalue weighted by Gasteiger charge is -2.35. The molecule has 2 atom stereocenters. The zero-order valence-electron chi connectivity index (χ0n) is 27.0. The summed E-state index contributed by atoms with van der Waals surface area (Å²) < 4.78 is 5.50. The van der Waals surface area contributed by atoms with Crippen molar-refractivity contribution in [3.05, 3.63) is 64.2 Å². The van der Waals surface area contributed by atoms with Gasteiger partial charge in [0.05, 0.1) is 10.7 Å². The van der Waals surface area contributed by atoms with Gasteiger partial charge in [-0.1, -0.05) is 86.9 Å². The van der Waals surface area contributed by atoms with Crippen LogP contribution in [0.15, 0.2) is 42.5 Å². The summed E-state index contributed by atoms with van der Waals surface area (Å²) in [4.78, 5) is 43.3. The van der Waals surface area contributed by atoms with Gasteiger partial charge in [-0.2, -0.15) is 11.8 Å². The first-order valence-corrected chi connectivity index (χ1v) is 17.1. The van der Waals surface area contributed by atoms with E-state index in [1.807, 2.05) is 25.3 Å². The van der Waals surface area contributed by atoms with Crippen LogP contribution in [0.3, 0.4) is 0 Å². The summed E-state index contributed by atoms with van der Waals surface area (Å²) in [6.07, 6.45) is 13.5. The predicted molar refractivity (Wildman–Crippen MR) is 183 cm³/mol. The van der Waals surface area contributed by atoms with Gasteiger partial charge in [-0.3, -0.25) is 9.59 Å². The number of nitrogens with zero attached hydrogens (tertiary/aromatic N) is 1. The van der Waals surface area contributed by atoms with Gasteiger partial charge < -0.3 is 20.3 Å². The van der Waals surface area contributed by atoms with E-state index in [9.17, 15) is 14.4 Å². The lowest BCUT2D eigenvalue weighted by molar-refractivity contribution is -0.141. The van der Waals surface area contributed by atoms with Gasteiger partial charge in [0, 0.05) is 12.1 Å². The van der Waals surface area contributed by atoms with Crippen LogP contribution in [0.5, 0.6) is 0 Å². The normalized spacial score (nSPS) is 12.5. The number of hydrogen-bond donors (Lipinski definition) is 2. The smallest absolute Gasteiger partial charge is 0.408 e. The molecule has 0 aromatic heterocycles. The van der Waals surface area contributed by atoms with Crippen LogP contribution in [0.1, 0.15) is 95.4 Å². The number of aryl methyl sites for hydroxylation is 1. The van der Waals surface area contributed by atoms with E-state index in [-0.39, 0.29) is 5.91 Å². The summed E-state index contributed by atoms with van der Waals surface area (Å²) in [6.45, 7) is 9.63. The minimum Gasteiger partial charge on any atom is -0.444 e. The van der Waals surface area contributed by atoms with Crippen LogP contribution >= 0.6 is 23.4 Å². The van der Waals surface area contributed by atoms with Crippen LogP contribution in [-0.2, 0) is 14.3 Å². The number of amides is 3. The highest BCUT2D eigenvalue weighted by atomic mass is 35.5. The molecule has 0 saturated heterocycles. The molecule has 0 aliphatic rings. The third-order valence-electron chi connectivity index (χ3n) is 7.08. The molecular weight excluding hydrogens is 594 g/mol. The van der Waals surface area contributed by atoms with Gasteiger partial charge in [0.25, 0.3) is 5.91 Å². The van der Waals surface area contributed by atoms with E-state index in [2.05, 4.69) is 23.5 Å². The van der Waals surface area contributed by atoms with Crippen LogP contribution in [0.25, 0.3) is 0 Å². The second-order valence-corrected chi connectivity index (χ2v) is 13.2. The predicted octanol–water partition coefficient (Wildman–Crippen LogP) is 8.15. The molecule has 0 aliphatic heterocycles. The third kappa shape index (κ3) is 11.7. The molecule has 2 unspecified atom stereocenters. The Morgan fingerprint density at radius 1 is 1.05 bits per heavy atom. The number of alkyl carbamates (subject to hydrolysis) is 1. The maximum Gasteiger partial charge on any atom is 0.408 e. The van der Waals surface area contributed by atoms with Crippen LogP contribution in [-0.4, -0.2) is 53.0 Å². The maximum absolute atomic E-state index is 14.5. The Kier molecular flexibility index (Phi) is 15.7. The van der Waals surface area contributed by atoms with E-state index < -0.39 is 29.7 Å². The Balaban J connectivity index is 2.60. The van der Waals surface area contributed by atoms with Gasteiger partial charge in [-0.05, 0) is 75.8 Å². The minimum atomic E-state index is -1.07. The number of rotatable bonds is 16. The second kappa shape index (κ2) is 18.6. The zero-order chi connectivity index (χ0) is 32.7. The number of halogens is 1. The first-order valence-electron chi connectivity index (χ1n) is 15.3. The van der Waals surface area contributed by atoms with Crippen molar-refractivity contribution >= 4 is 47.0 Å². The quantitative estimate of drug-likeness (QED) is 0.143. The summed E-state index contributed by atoms with van der Waals surface area (Å²) in [5, 5.41) is 6.17. The average Bonchev–Trinajstić information content (AvgIpc) is 2.97. The molecule has 7 nitrogen and oxygen atoms in total. The number of benzene rings is 2. The van der Waals surface area contributed by atoms with Crippen LogP contribution in [0.2, 0.25) is 5.02 Å². The molecule has 2 N–H and O–H groups in total. The SMILES string of the molecule is C#Cc1ccccc1C(C(=O)Nc1c(C)cccc1Cl)N(CCCCCCCC)C(=O)C(CCSC)NC(=O)OC(C)(C)C. The Bertz CT molecular complexity index is 1270. The van der Waals surface area contributed by atoms with Crippen molar-refractivity contribution in [3.8, 4) is 12.3 Å². The van der Waals surface area contributed by atoms with Crippen LogP contribution in [0, 0.1) is 19.3 Å². The van der Waals surface area contributed by atoms with Gasteiger partial charge in [0.2, 0.25) is 5.91 Å². The lowest BCUT2D eigenvalue weighted by atomic mass is 9.96. The summed E-state index contributed by atoms with van der Waals surface area (Å²) in [7, 11) is 0. The highest BCUT2D eigenvalue weighted by molar-refractivity contribution is 7.98. The Morgan fingerprint density at radius 2 is 1.73 bits per heavy atom. The fourth-order valence-electron chi connectivity index (χ4n) is 4.87. The molecule has 240 valence electrons. The van der Waals surface area contributed by atoms with E-state index in [0.717, 1.165) is 37.7 Å². The van der Waals surface area contributed by atoms with Crippen molar-refractivity contribution in [1.29, 1.82) is 0 Å². The van der Waals surface area contributed by atoms with Gasteiger partial charge in [0.1, 0.15) is 17.7 Å². The first-order chi connectivity index (χ1) is 20.9. The molecule has 0 heterocycles. The lowest BCUT2D eigenvalue weighted by Crippen LogP contribution is -2.53. The molecule has 44 heavy (non-hydrogen) atoms.